The van der Waals surface area contributed by atoms with Crippen LogP contribution in [0.2, 0.25) is 0 Å². The average molecular weight is 126 g/mol. The molecule has 9 heavy (non-hydrogen) atoms. The summed E-state index contributed by atoms with van der Waals surface area (Å²) in [6.45, 7) is 2.42. The van der Waals surface area contributed by atoms with Gasteiger partial charge >= 0.3 is 0 Å². The first-order chi connectivity index (χ1) is 4.35. The number of rotatable bonds is 2. The van der Waals surface area contributed by atoms with Crippen molar-refractivity contribution in [1.29, 1.82) is 0 Å². The quantitative estimate of drug-likeness (QED) is 0.542. The number of hydrogen-bond donors (Lipinski definition) is 2. The Kier molecular flexibility index (Phi) is 1.08. The molecule has 3 fully saturated rings. The monoisotopic (exact) mass is 126 g/mol. The molecule has 1 saturated carbocycles. The molecule has 0 atom stereocenters. The maximum absolute atomic E-state index is 3.55. The van der Waals surface area contributed by atoms with E-state index in [1.807, 2.05) is 7.05 Å². The van der Waals surface area contributed by atoms with Crippen molar-refractivity contribution in [1.82, 2.24) is 10.6 Å². The molecule has 3 rings (SSSR count). The summed E-state index contributed by atoms with van der Waals surface area (Å²) in [5.74, 6) is 1.01. The molecule has 0 spiro atoms. The summed E-state index contributed by atoms with van der Waals surface area (Å²) in [7, 11) is 2.03. The summed E-state index contributed by atoms with van der Waals surface area (Å²) in [5, 5.41) is 6.77. The predicted octanol–water partition coefficient (Wildman–Crippen LogP) is -0.0422. The number of hydrogen-bond acceptors (Lipinski definition) is 2. The SMILES string of the molecule is CNCC12CC(CN1)C2. The van der Waals surface area contributed by atoms with E-state index in [2.05, 4.69) is 10.6 Å². The van der Waals surface area contributed by atoms with E-state index in [0.717, 1.165) is 12.5 Å². The molecule has 2 nitrogen and oxygen atoms in total. The fourth-order valence-corrected chi connectivity index (χ4v) is 2.24. The second-order valence-electron chi connectivity index (χ2n) is 3.47. The minimum atomic E-state index is 0.527. The van der Waals surface area contributed by atoms with Crippen LogP contribution in [-0.4, -0.2) is 25.7 Å². The number of fused-ring (bicyclic) bond motifs is 1. The molecule has 0 radical (unpaired) electrons. The van der Waals surface area contributed by atoms with Crippen molar-refractivity contribution in [3.05, 3.63) is 0 Å². The van der Waals surface area contributed by atoms with Crippen LogP contribution in [0.25, 0.3) is 0 Å². The van der Waals surface area contributed by atoms with E-state index in [1.165, 1.54) is 19.4 Å². The van der Waals surface area contributed by atoms with E-state index in [-0.39, 0.29) is 0 Å². The van der Waals surface area contributed by atoms with E-state index >= 15 is 0 Å². The Morgan fingerprint density at radius 3 is 2.89 bits per heavy atom. The van der Waals surface area contributed by atoms with Gasteiger partial charge < -0.3 is 10.6 Å². The summed E-state index contributed by atoms with van der Waals surface area (Å²) in [6.07, 6.45) is 2.82. The molecule has 0 aromatic carbocycles. The highest BCUT2D eigenvalue weighted by molar-refractivity contribution is 5.09. The molecule has 2 N–H and O–H groups in total. The molecule has 52 valence electrons. The molecule has 0 amide bonds. The first-order valence-corrected chi connectivity index (χ1v) is 3.74. The lowest BCUT2D eigenvalue weighted by molar-refractivity contribution is 0.223. The van der Waals surface area contributed by atoms with E-state index in [0.29, 0.717) is 5.54 Å². The zero-order valence-corrected chi connectivity index (χ0v) is 5.91. The van der Waals surface area contributed by atoms with Crippen molar-refractivity contribution in [2.24, 2.45) is 5.92 Å². The van der Waals surface area contributed by atoms with Crippen LogP contribution in [0.15, 0.2) is 0 Å². The summed E-state index contributed by atoms with van der Waals surface area (Å²) >= 11 is 0. The molecule has 2 heterocycles. The number of nitrogens with one attached hydrogen (secondary N) is 2. The smallest absolute Gasteiger partial charge is 0.0312 e. The van der Waals surface area contributed by atoms with Gasteiger partial charge in [-0.1, -0.05) is 0 Å². The van der Waals surface area contributed by atoms with Crippen LogP contribution in [0.4, 0.5) is 0 Å². The van der Waals surface area contributed by atoms with Crippen molar-refractivity contribution in [3.63, 3.8) is 0 Å². The Morgan fingerprint density at radius 1 is 1.67 bits per heavy atom. The van der Waals surface area contributed by atoms with Crippen molar-refractivity contribution in [2.45, 2.75) is 18.4 Å². The van der Waals surface area contributed by atoms with Crippen LogP contribution in [-0.2, 0) is 0 Å². The standard InChI is InChI=1S/C7H14N2/c1-8-5-7-2-6(3-7)4-9-7/h6,8-9H,2-5H2,1H3. The lowest BCUT2D eigenvalue weighted by atomic mass is 9.74. The van der Waals surface area contributed by atoms with Crippen molar-refractivity contribution in [2.75, 3.05) is 20.1 Å². The van der Waals surface area contributed by atoms with Gasteiger partial charge in [0, 0.05) is 12.1 Å². The van der Waals surface area contributed by atoms with E-state index < -0.39 is 0 Å². The minimum Gasteiger partial charge on any atom is -0.318 e. The molecular weight excluding hydrogens is 112 g/mol. The summed E-state index contributed by atoms with van der Waals surface area (Å²) in [6, 6.07) is 0. The van der Waals surface area contributed by atoms with Crippen LogP contribution < -0.4 is 10.6 Å². The van der Waals surface area contributed by atoms with Crippen LogP contribution in [0, 0.1) is 5.92 Å². The maximum Gasteiger partial charge on any atom is 0.0312 e. The predicted molar refractivity (Wildman–Crippen MR) is 37.4 cm³/mol. The molecule has 0 aromatic heterocycles. The zero-order valence-electron chi connectivity index (χ0n) is 5.91. The third-order valence-electron chi connectivity index (χ3n) is 2.64. The Hall–Kier alpha value is -0.0800. The van der Waals surface area contributed by atoms with Crippen molar-refractivity contribution in [3.8, 4) is 0 Å². The highest BCUT2D eigenvalue weighted by atomic mass is 15.1. The van der Waals surface area contributed by atoms with Gasteiger partial charge in [0.25, 0.3) is 0 Å². The fourth-order valence-electron chi connectivity index (χ4n) is 2.24. The van der Waals surface area contributed by atoms with Gasteiger partial charge in [0.15, 0.2) is 0 Å². The molecule has 1 aliphatic carbocycles. The topological polar surface area (TPSA) is 24.1 Å². The fraction of sp³-hybridized carbons (Fsp3) is 1.00. The van der Waals surface area contributed by atoms with Crippen molar-refractivity contribution >= 4 is 0 Å². The first-order valence-electron chi connectivity index (χ1n) is 3.74. The average Bonchev–Trinajstić information content (AvgIpc) is 2.22. The maximum atomic E-state index is 3.55. The van der Waals surface area contributed by atoms with Gasteiger partial charge in [-0.2, -0.15) is 0 Å². The Morgan fingerprint density at radius 2 is 2.44 bits per heavy atom. The lowest BCUT2D eigenvalue weighted by Gasteiger charge is -2.37. The van der Waals surface area contributed by atoms with Gasteiger partial charge in [0.2, 0.25) is 0 Å². The second-order valence-corrected chi connectivity index (χ2v) is 3.47. The third-order valence-corrected chi connectivity index (χ3v) is 2.64. The van der Waals surface area contributed by atoms with Gasteiger partial charge in [0.1, 0.15) is 0 Å². The van der Waals surface area contributed by atoms with Crippen molar-refractivity contribution < 1.29 is 0 Å². The highest BCUT2D eigenvalue weighted by Gasteiger charge is 2.49. The lowest BCUT2D eigenvalue weighted by Crippen LogP contribution is -2.50. The zero-order chi connectivity index (χ0) is 6.32. The van der Waals surface area contributed by atoms with Crippen LogP contribution >= 0.6 is 0 Å². The molecule has 2 bridgehead atoms. The summed E-state index contributed by atoms with van der Waals surface area (Å²) in [4.78, 5) is 0. The van der Waals surface area contributed by atoms with Gasteiger partial charge in [-0.05, 0) is 32.4 Å². The van der Waals surface area contributed by atoms with Crippen LogP contribution in [0.1, 0.15) is 12.8 Å². The molecule has 3 aliphatic rings. The van der Waals surface area contributed by atoms with E-state index in [9.17, 15) is 0 Å². The summed E-state index contributed by atoms with van der Waals surface area (Å²) < 4.78 is 0. The Bertz CT molecular complexity index is 111. The normalized spacial score (nSPS) is 47.0. The van der Waals surface area contributed by atoms with E-state index in [1.54, 1.807) is 0 Å². The molecule has 2 heteroatoms. The second kappa shape index (κ2) is 1.70. The van der Waals surface area contributed by atoms with Crippen LogP contribution in [0.5, 0.6) is 0 Å². The van der Waals surface area contributed by atoms with Crippen LogP contribution in [0.3, 0.4) is 0 Å². The molecule has 0 aromatic rings. The molecular formula is C7H14N2. The number of likely N-dealkylation sites (N-methyl/N-ethyl adjacent to an activating group) is 1. The van der Waals surface area contributed by atoms with Gasteiger partial charge in [-0.3, -0.25) is 0 Å². The summed E-state index contributed by atoms with van der Waals surface area (Å²) in [5.41, 5.74) is 0.527. The first kappa shape index (κ1) is 5.69. The largest absolute Gasteiger partial charge is 0.318 e. The highest BCUT2D eigenvalue weighted by Crippen LogP contribution is 2.42. The molecule has 2 aliphatic heterocycles. The van der Waals surface area contributed by atoms with Gasteiger partial charge in [0.05, 0.1) is 0 Å². The van der Waals surface area contributed by atoms with Gasteiger partial charge in [-0.25, -0.2) is 0 Å². The van der Waals surface area contributed by atoms with E-state index in [4.69, 9.17) is 0 Å². The minimum absolute atomic E-state index is 0.527. The third kappa shape index (κ3) is 0.700. The Labute approximate surface area is 56.0 Å². The molecule has 2 saturated heterocycles. The van der Waals surface area contributed by atoms with Gasteiger partial charge in [-0.15, -0.1) is 0 Å². The Balaban J connectivity index is 1.95. The molecule has 0 unspecified atom stereocenters.